The SMILES string of the molecule is Cc1ccc(CN(C)C(=O)C(N)=O)cc1. The van der Waals surface area contributed by atoms with Crippen LogP contribution >= 0.6 is 0 Å². The minimum absolute atomic E-state index is 0.391. The van der Waals surface area contributed by atoms with Crippen molar-refractivity contribution in [2.75, 3.05) is 7.05 Å². The third-order valence-electron chi connectivity index (χ3n) is 2.10. The molecule has 1 aromatic carbocycles. The van der Waals surface area contributed by atoms with Gasteiger partial charge in [-0.1, -0.05) is 29.8 Å². The number of hydrogen-bond acceptors (Lipinski definition) is 2. The molecule has 0 atom stereocenters. The van der Waals surface area contributed by atoms with Crippen LogP contribution in [0.25, 0.3) is 0 Å². The van der Waals surface area contributed by atoms with Crippen molar-refractivity contribution >= 4 is 11.8 Å². The molecule has 0 aliphatic rings. The predicted molar refractivity (Wildman–Crippen MR) is 56.8 cm³/mol. The molecule has 0 radical (unpaired) electrons. The maximum Gasteiger partial charge on any atom is 0.311 e. The third kappa shape index (κ3) is 3.09. The summed E-state index contributed by atoms with van der Waals surface area (Å²) in [5.74, 6) is -1.60. The summed E-state index contributed by atoms with van der Waals surface area (Å²) in [4.78, 5) is 23.1. The molecule has 0 saturated carbocycles. The van der Waals surface area contributed by atoms with Crippen molar-refractivity contribution in [1.29, 1.82) is 0 Å². The van der Waals surface area contributed by atoms with E-state index in [-0.39, 0.29) is 0 Å². The van der Waals surface area contributed by atoms with Crippen LogP contribution in [0.1, 0.15) is 11.1 Å². The minimum atomic E-state index is -0.926. The zero-order chi connectivity index (χ0) is 11.4. The first-order valence-electron chi connectivity index (χ1n) is 4.61. The van der Waals surface area contributed by atoms with Crippen molar-refractivity contribution < 1.29 is 9.59 Å². The number of likely N-dealkylation sites (N-methyl/N-ethyl adjacent to an activating group) is 1. The van der Waals surface area contributed by atoms with Gasteiger partial charge in [-0.15, -0.1) is 0 Å². The van der Waals surface area contributed by atoms with E-state index in [4.69, 9.17) is 5.73 Å². The zero-order valence-corrected chi connectivity index (χ0v) is 8.86. The molecule has 0 unspecified atom stereocenters. The Morgan fingerprint density at radius 3 is 2.27 bits per heavy atom. The number of amides is 2. The van der Waals surface area contributed by atoms with Gasteiger partial charge in [-0.05, 0) is 12.5 Å². The summed E-state index contributed by atoms with van der Waals surface area (Å²) in [5.41, 5.74) is 7.01. The molecule has 2 amide bonds. The molecule has 0 fully saturated rings. The summed E-state index contributed by atoms with van der Waals surface area (Å²) in [6, 6.07) is 7.75. The standard InChI is InChI=1S/C11H14N2O2/c1-8-3-5-9(6-4-8)7-13(2)11(15)10(12)14/h3-6H,7H2,1-2H3,(H2,12,14). The highest BCUT2D eigenvalue weighted by atomic mass is 16.2. The highest BCUT2D eigenvalue weighted by Crippen LogP contribution is 2.05. The molecule has 0 saturated heterocycles. The summed E-state index contributed by atoms with van der Waals surface area (Å²) in [5, 5.41) is 0. The molecule has 15 heavy (non-hydrogen) atoms. The number of hydrogen-bond donors (Lipinski definition) is 1. The summed E-state index contributed by atoms with van der Waals surface area (Å²) >= 11 is 0. The van der Waals surface area contributed by atoms with E-state index in [0.717, 1.165) is 11.1 Å². The fraction of sp³-hybridized carbons (Fsp3) is 0.273. The van der Waals surface area contributed by atoms with E-state index in [1.807, 2.05) is 31.2 Å². The molecule has 2 N–H and O–H groups in total. The second-order valence-electron chi connectivity index (χ2n) is 3.51. The van der Waals surface area contributed by atoms with Gasteiger partial charge in [0.05, 0.1) is 0 Å². The molecule has 1 rings (SSSR count). The number of rotatable bonds is 2. The molecule has 0 aromatic heterocycles. The lowest BCUT2D eigenvalue weighted by atomic mass is 10.1. The van der Waals surface area contributed by atoms with E-state index < -0.39 is 11.8 Å². The van der Waals surface area contributed by atoms with Crippen LogP contribution in [0.4, 0.5) is 0 Å². The van der Waals surface area contributed by atoms with Gasteiger partial charge in [-0.3, -0.25) is 9.59 Å². The fourth-order valence-electron chi connectivity index (χ4n) is 1.23. The van der Waals surface area contributed by atoms with Crippen molar-refractivity contribution in [3.8, 4) is 0 Å². The number of benzene rings is 1. The van der Waals surface area contributed by atoms with Gasteiger partial charge in [0.1, 0.15) is 0 Å². The van der Waals surface area contributed by atoms with Crippen LogP contribution in [0, 0.1) is 6.92 Å². The second kappa shape index (κ2) is 4.59. The summed E-state index contributed by atoms with van der Waals surface area (Å²) < 4.78 is 0. The number of aryl methyl sites for hydroxylation is 1. The molecule has 1 aromatic rings. The lowest BCUT2D eigenvalue weighted by Gasteiger charge is -2.14. The maximum absolute atomic E-state index is 11.2. The number of nitrogens with zero attached hydrogens (tertiary/aromatic N) is 1. The zero-order valence-electron chi connectivity index (χ0n) is 8.86. The predicted octanol–water partition coefficient (Wildman–Crippen LogP) is 0.439. The molecular formula is C11H14N2O2. The molecular weight excluding hydrogens is 192 g/mol. The minimum Gasteiger partial charge on any atom is -0.361 e. The van der Waals surface area contributed by atoms with Crippen LogP contribution in [-0.2, 0) is 16.1 Å². The number of carbonyl (C=O) groups excluding carboxylic acids is 2. The fourth-order valence-corrected chi connectivity index (χ4v) is 1.23. The topological polar surface area (TPSA) is 63.4 Å². The van der Waals surface area contributed by atoms with Crippen LogP contribution < -0.4 is 5.73 Å². The van der Waals surface area contributed by atoms with E-state index in [0.29, 0.717) is 6.54 Å². The van der Waals surface area contributed by atoms with E-state index in [2.05, 4.69) is 0 Å². The summed E-state index contributed by atoms with van der Waals surface area (Å²) in [6.07, 6.45) is 0. The van der Waals surface area contributed by atoms with Gasteiger partial charge in [0.25, 0.3) is 0 Å². The van der Waals surface area contributed by atoms with Gasteiger partial charge in [-0.2, -0.15) is 0 Å². The van der Waals surface area contributed by atoms with E-state index in [1.54, 1.807) is 7.05 Å². The van der Waals surface area contributed by atoms with Gasteiger partial charge in [-0.25, -0.2) is 0 Å². The molecule has 0 heterocycles. The molecule has 4 nitrogen and oxygen atoms in total. The molecule has 0 spiro atoms. The Labute approximate surface area is 88.7 Å². The highest BCUT2D eigenvalue weighted by molar-refractivity contribution is 6.34. The summed E-state index contributed by atoms with van der Waals surface area (Å²) in [6.45, 7) is 2.38. The largest absolute Gasteiger partial charge is 0.361 e. The Morgan fingerprint density at radius 1 is 1.27 bits per heavy atom. The van der Waals surface area contributed by atoms with Crippen LogP contribution in [0.15, 0.2) is 24.3 Å². The lowest BCUT2D eigenvalue weighted by Crippen LogP contribution is -2.37. The first-order chi connectivity index (χ1) is 7.00. The van der Waals surface area contributed by atoms with Crippen LogP contribution in [0.5, 0.6) is 0 Å². The van der Waals surface area contributed by atoms with E-state index in [9.17, 15) is 9.59 Å². The second-order valence-corrected chi connectivity index (χ2v) is 3.51. The average molecular weight is 206 g/mol. The van der Waals surface area contributed by atoms with Crippen LogP contribution in [0.2, 0.25) is 0 Å². The van der Waals surface area contributed by atoms with Crippen LogP contribution in [-0.4, -0.2) is 23.8 Å². The smallest absolute Gasteiger partial charge is 0.311 e. The molecule has 0 aliphatic heterocycles. The third-order valence-corrected chi connectivity index (χ3v) is 2.10. The van der Waals surface area contributed by atoms with Crippen LogP contribution in [0.3, 0.4) is 0 Å². The van der Waals surface area contributed by atoms with Crippen molar-refractivity contribution in [3.05, 3.63) is 35.4 Å². The quantitative estimate of drug-likeness (QED) is 0.713. The maximum atomic E-state index is 11.2. The lowest BCUT2D eigenvalue weighted by molar-refractivity contribution is -0.143. The van der Waals surface area contributed by atoms with E-state index >= 15 is 0 Å². The first-order valence-corrected chi connectivity index (χ1v) is 4.61. The Hall–Kier alpha value is -1.84. The molecule has 80 valence electrons. The van der Waals surface area contributed by atoms with E-state index in [1.165, 1.54) is 4.90 Å². The summed E-state index contributed by atoms with van der Waals surface area (Å²) in [7, 11) is 1.55. The van der Waals surface area contributed by atoms with Gasteiger partial charge in [0, 0.05) is 13.6 Å². The van der Waals surface area contributed by atoms with Crippen molar-refractivity contribution in [2.45, 2.75) is 13.5 Å². The first kappa shape index (κ1) is 11.2. The number of nitrogens with two attached hydrogens (primary N) is 1. The van der Waals surface area contributed by atoms with Crippen molar-refractivity contribution in [2.24, 2.45) is 5.73 Å². The highest BCUT2D eigenvalue weighted by Gasteiger charge is 2.14. The van der Waals surface area contributed by atoms with Gasteiger partial charge in [0.15, 0.2) is 0 Å². The molecule has 0 aliphatic carbocycles. The average Bonchev–Trinajstić information content (AvgIpc) is 2.20. The number of carbonyl (C=O) groups is 2. The molecule has 4 heteroatoms. The van der Waals surface area contributed by atoms with Crippen molar-refractivity contribution in [1.82, 2.24) is 4.90 Å². The Kier molecular flexibility index (Phi) is 3.44. The normalized spacial score (nSPS) is 9.73. The Balaban J connectivity index is 2.66. The van der Waals surface area contributed by atoms with Gasteiger partial charge >= 0.3 is 11.8 Å². The number of primary amides is 1. The molecule has 0 bridgehead atoms. The van der Waals surface area contributed by atoms with Crippen molar-refractivity contribution in [3.63, 3.8) is 0 Å². The monoisotopic (exact) mass is 206 g/mol. The Bertz CT molecular complexity index is 371. The Morgan fingerprint density at radius 2 is 1.80 bits per heavy atom. The van der Waals surface area contributed by atoms with Gasteiger partial charge in [0.2, 0.25) is 0 Å². The van der Waals surface area contributed by atoms with Gasteiger partial charge < -0.3 is 10.6 Å².